The average molecular weight is 427 g/mol. The Morgan fingerprint density at radius 1 is 1.17 bits per heavy atom. The summed E-state index contributed by atoms with van der Waals surface area (Å²) in [6, 6.07) is 17.7. The lowest BCUT2D eigenvalue weighted by atomic mass is 9.90. The summed E-state index contributed by atoms with van der Waals surface area (Å²) in [4.78, 5) is 15.5. The molecule has 4 atom stereocenters. The number of halogens is 1. The third kappa shape index (κ3) is 5.25. The van der Waals surface area contributed by atoms with Gasteiger partial charge in [0.2, 0.25) is 5.91 Å². The second kappa shape index (κ2) is 9.97. The molecular formula is C25H31FN2OS. The minimum atomic E-state index is -0.193. The first-order valence-corrected chi connectivity index (χ1v) is 12.2. The zero-order valence-electron chi connectivity index (χ0n) is 17.6. The van der Waals surface area contributed by atoms with Gasteiger partial charge in [0, 0.05) is 36.7 Å². The van der Waals surface area contributed by atoms with E-state index in [-0.39, 0.29) is 23.8 Å². The van der Waals surface area contributed by atoms with Crippen molar-refractivity contribution in [3.63, 3.8) is 0 Å². The molecule has 0 saturated carbocycles. The molecule has 2 saturated heterocycles. The summed E-state index contributed by atoms with van der Waals surface area (Å²) in [6.45, 7) is 3.86. The summed E-state index contributed by atoms with van der Waals surface area (Å²) in [5.74, 6) is 2.50. The van der Waals surface area contributed by atoms with E-state index in [1.165, 1.54) is 17.7 Å². The second-order valence-electron chi connectivity index (χ2n) is 8.67. The van der Waals surface area contributed by atoms with Gasteiger partial charge in [-0.2, -0.15) is 11.8 Å². The van der Waals surface area contributed by atoms with Crippen LogP contribution in [0.3, 0.4) is 0 Å². The molecule has 0 radical (unpaired) electrons. The molecule has 5 heteroatoms. The maximum absolute atomic E-state index is 13.4. The Hall–Kier alpha value is -1.85. The van der Waals surface area contributed by atoms with Crippen LogP contribution in [0.5, 0.6) is 0 Å². The van der Waals surface area contributed by atoms with E-state index in [0.29, 0.717) is 11.8 Å². The molecule has 2 fully saturated rings. The highest BCUT2D eigenvalue weighted by Crippen LogP contribution is 2.30. The molecular weight excluding hydrogens is 395 g/mol. The van der Waals surface area contributed by atoms with Crippen LogP contribution in [0.2, 0.25) is 0 Å². The van der Waals surface area contributed by atoms with Gasteiger partial charge in [0.15, 0.2) is 0 Å². The van der Waals surface area contributed by atoms with E-state index in [1.54, 1.807) is 0 Å². The second-order valence-corrected chi connectivity index (χ2v) is 9.75. The molecule has 2 aliphatic rings. The number of piperidine rings is 1. The van der Waals surface area contributed by atoms with Gasteiger partial charge in [0.1, 0.15) is 5.82 Å². The average Bonchev–Trinajstić information content (AvgIpc) is 3.23. The molecule has 4 rings (SSSR count). The lowest BCUT2D eigenvalue weighted by molar-refractivity contribution is -0.137. The van der Waals surface area contributed by atoms with Crippen molar-refractivity contribution in [1.82, 2.24) is 10.2 Å². The Balaban J connectivity index is 1.35. The maximum atomic E-state index is 13.4. The van der Waals surface area contributed by atoms with Crippen molar-refractivity contribution in [2.24, 2.45) is 11.8 Å². The fourth-order valence-corrected chi connectivity index (χ4v) is 6.09. The van der Waals surface area contributed by atoms with E-state index in [1.807, 2.05) is 30.0 Å². The van der Waals surface area contributed by atoms with Gasteiger partial charge < -0.3 is 10.2 Å². The number of amides is 1. The number of likely N-dealkylation sites (tertiary alicyclic amines) is 1. The molecule has 30 heavy (non-hydrogen) atoms. The van der Waals surface area contributed by atoms with Gasteiger partial charge in [0.25, 0.3) is 0 Å². The van der Waals surface area contributed by atoms with Crippen molar-refractivity contribution in [1.29, 1.82) is 0 Å². The molecule has 160 valence electrons. The van der Waals surface area contributed by atoms with Crippen molar-refractivity contribution in [2.75, 3.05) is 24.6 Å². The molecule has 0 bridgehead atoms. The first kappa shape index (κ1) is 21.4. The summed E-state index contributed by atoms with van der Waals surface area (Å²) < 4.78 is 13.2. The Kier molecular flexibility index (Phi) is 7.11. The van der Waals surface area contributed by atoms with Gasteiger partial charge in [-0.15, -0.1) is 0 Å². The van der Waals surface area contributed by atoms with Crippen LogP contribution in [0.1, 0.15) is 36.9 Å². The van der Waals surface area contributed by atoms with Crippen molar-refractivity contribution >= 4 is 17.7 Å². The van der Waals surface area contributed by atoms with Crippen LogP contribution in [-0.2, 0) is 11.2 Å². The molecule has 1 N–H and O–H groups in total. The van der Waals surface area contributed by atoms with Crippen LogP contribution in [0.4, 0.5) is 4.39 Å². The van der Waals surface area contributed by atoms with Gasteiger partial charge in [-0.05, 0) is 55.4 Å². The molecule has 0 aromatic heterocycles. The van der Waals surface area contributed by atoms with Crippen LogP contribution >= 0.6 is 11.8 Å². The first-order chi connectivity index (χ1) is 14.6. The minimum Gasteiger partial charge on any atom is -0.342 e. The summed E-state index contributed by atoms with van der Waals surface area (Å²) in [6.07, 6.45) is 3.10. The Morgan fingerprint density at radius 2 is 1.93 bits per heavy atom. The fraction of sp³-hybridized carbons (Fsp3) is 0.480. The highest BCUT2D eigenvalue weighted by atomic mass is 32.2. The standard InChI is InChI=1S/C25H31FN2OS/c1-18(21-7-3-2-4-8-21)27-24-17-30-16-23(24)25(29)28-13-5-6-20(15-28)14-19-9-11-22(26)12-10-19/h2-4,7-12,18,20,23-24,27H,5-6,13-17H2,1H3/t18-,20+,23-,24-/m1/s1. The highest BCUT2D eigenvalue weighted by Gasteiger charge is 2.38. The summed E-state index contributed by atoms with van der Waals surface area (Å²) in [5, 5.41) is 3.72. The molecule has 0 aliphatic carbocycles. The predicted octanol–water partition coefficient (Wildman–Crippen LogP) is 4.69. The van der Waals surface area contributed by atoms with Gasteiger partial charge >= 0.3 is 0 Å². The number of benzene rings is 2. The van der Waals surface area contributed by atoms with E-state index >= 15 is 0 Å². The van der Waals surface area contributed by atoms with Crippen molar-refractivity contribution in [3.05, 3.63) is 71.5 Å². The van der Waals surface area contributed by atoms with E-state index in [4.69, 9.17) is 0 Å². The Morgan fingerprint density at radius 3 is 2.70 bits per heavy atom. The molecule has 0 unspecified atom stereocenters. The van der Waals surface area contributed by atoms with Crippen LogP contribution in [0.25, 0.3) is 0 Å². The molecule has 2 aromatic carbocycles. The largest absolute Gasteiger partial charge is 0.342 e. The zero-order valence-corrected chi connectivity index (χ0v) is 18.4. The van der Waals surface area contributed by atoms with E-state index in [9.17, 15) is 9.18 Å². The zero-order chi connectivity index (χ0) is 20.9. The maximum Gasteiger partial charge on any atom is 0.228 e. The third-order valence-electron chi connectivity index (χ3n) is 6.43. The third-order valence-corrected chi connectivity index (χ3v) is 7.62. The smallest absolute Gasteiger partial charge is 0.228 e. The minimum absolute atomic E-state index is 0.0470. The molecule has 3 nitrogen and oxygen atoms in total. The highest BCUT2D eigenvalue weighted by molar-refractivity contribution is 7.99. The number of carbonyl (C=O) groups excluding carboxylic acids is 1. The summed E-state index contributed by atoms with van der Waals surface area (Å²) >= 11 is 1.88. The monoisotopic (exact) mass is 426 g/mol. The molecule has 2 aromatic rings. The number of thioether (sulfide) groups is 1. The summed E-state index contributed by atoms with van der Waals surface area (Å²) in [7, 11) is 0. The van der Waals surface area contributed by atoms with Gasteiger partial charge in [0.05, 0.1) is 5.92 Å². The van der Waals surface area contributed by atoms with Crippen LogP contribution in [-0.4, -0.2) is 41.4 Å². The normalized spacial score (nSPS) is 25.3. The number of hydrogen-bond donors (Lipinski definition) is 1. The van der Waals surface area contributed by atoms with Gasteiger partial charge in [-0.1, -0.05) is 42.5 Å². The Bertz CT molecular complexity index is 829. The predicted molar refractivity (Wildman–Crippen MR) is 122 cm³/mol. The van der Waals surface area contributed by atoms with E-state index in [0.717, 1.165) is 49.4 Å². The van der Waals surface area contributed by atoms with E-state index in [2.05, 4.69) is 41.4 Å². The fourth-order valence-electron chi connectivity index (χ4n) is 4.74. The van der Waals surface area contributed by atoms with E-state index < -0.39 is 0 Å². The van der Waals surface area contributed by atoms with Crippen LogP contribution in [0.15, 0.2) is 54.6 Å². The number of carbonyl (C=O) groups is 1. The van der Waals surface area contributed by atoms with Crippen LogP contribution in [0, 0.1) is 17.7 Å². The molecule has 1 amide bonds. The first-order valence-electron chi connectivity index (χ1n) is 11.0. The quantitative estimate of drug-likeness (QED) is 0.727. The SMILES string of the molecule is C[C@@H](N[C@@H]1CSC[C@H]1C(=O)N1CCC[C@@H](Cc2ccc(F)cc2)C1)c1ccccc1. The van der Waals surface area contributed by atoms with Crippen molar-refractivity contribution < 1.29 is 9.18 Å². The number of nitrogens with zero attached hydrogens (tertiary/aromatic N) is 1. The van der Waals surface area contributed by atoms with Crippen molar-refractivity contribution in [3.8, 4) is 0 Å². The van der Waals surface area contributed by atoms with Gasteiger partial charge in [-0.25, -0.2) is 4.39 Å². The topological polar surface area (TPSA) is 32.3 Å². The van der Waals surface area contributed by atoms with Crippen LogP contribution < -0.4 is 5.32 Å². The van der Waals surface area contributed by atoms with Crippen molar-refractivity contribution in [2.45, 2.75) is 38.3 Å². The number of hydrogen-bond acceptors (Lipinski definition) is 3. The molecule has 0 spiro atoms. The molecule has 2 aliphatic heterocycles. The lowest BCUT2D eigenvalue weighted by Crippen LogP contribution is -2.49. The molecule has 2 heterocycles. The summed E-state index contributed by atoms with van der Waals surface area (Å²) in [5.41, 5.74) is 2.42. The number of nitrogens with one attached hydrogen (secondary N) is 1. The number of rotatable bonds is 6. The Labute approximate surface area is 183 Å². The van der Waals surface area contributed by atoms with Gasteiger partial charge in [-0.3, -0.25) is 4.79 Å². The lowest BCUT2D eigenvalue weighted by Gasteiger charge is -2.36.